The molecule has 0 saturated carbocycles. The van der Waals surface area contributed by atoms with Crippen LogP contribution in [-0.2, 0) is 13.1 Å². The Morgan fingerprint density at radius 1 is 1.17 bits per heavy atom. The van der Waals surface area contributed by atoms with Crippen molar-refractivity contribution in [1.29, 1.82) is 0 Å². The van der Waals surface area contributed by atoms with Gasteiger partial charge in [0, 0.05) is 31.4 Å². The molecular formula is C23H29N5O. The van der Waals surface area contributed by atoms with Gasteiger partial charge in [-0.2, -0.15) is 4.98 Å². The molecule has 0 spiro atoms. The van der Waals surface area contributed by atoms with Gasteiger partial charge in [0.15, 0.2) is 0 Å². The molecule has 1 aromatic carbocycles. The van der Waals surface area contributed by atoms with Gasteiger partial charge in [-0.15, -0.1) is 0 Å². The van der Waals surface area contributed by atoms with Crippen LogP contribution in [0.4, 0.5) is 5.82 Å². The second-order valence-corrected chi connectivity index (χ2v) is 7.90. The Hall–Kier alpha value is -2.73. The molecule has 6 heteroatoms. The molecule has 3 aromatic rings. The summed E-state index contributed by atoms with van der Waals surface area (Å²) in [5.41, 5.74) is 2.15. The fourth-order valence-corrected chi connectivity index (χ4v) is 3.92. The summed E-state index contributed by atoms with van der Waals surface area (Å²) < 4.78 is 5.49. The number of aromatic nitrogens is 3. The molecule has 0 aliphatic carbocycles. The zero-order chi connectivity index (χ0) is 20.1. The second kappa shape index (κ2) is 9.18. The van der Waals surface area contributed by atoms with Gasteiger partial charge in [0.05, 0.1) is 6.54 Å². The third-order valence-electron chi connectivity index (χ3n) is 5.50. The molecule has 29 heavy (non-hydrogen) atoms. The van der Waals surface area contributed by atoms with Crippen molar-refractivity contribution >= 4 is 5.82 Å². The van der Waals surface area contributed by atoms with Crippen molar-refractivity contribution in [3.05, 3.63) is 60.1 Å². The van der Waals surface area contributed by atoms with Crippen molar-refractivity contribution in [1.82, 2.24) is 20.0 Å². The molecule has 3 heterocycles. The van der Waals surface area contributed by atoms with Gasteiger partial charge in [0.25, 0.3) is 0 Å². The summed E-state index contributed by atoms with van der Waals surface area (Å²) in [6.07, 6.45) is 4.38. The first-order valence-electron chi connectivity index (χ1n) is 10.5. The van der Waals surface area contributed by atoms with E-state index in [9.17, 15) is 0 Å². The normalized spacial score (nSPS) is 17.4. The minimum atomic E-state index is 0.607. The number of anilines is 1. The Morgan fingerprint density at radius 3 is 2.76 bits per heavy atom. The summed E-state index contributed by atoms with van der Waals surface area (Å²) in [4.78, 5) is 13.9. The van der Waals surface area contributed by atoms with Gasteiger partial charge in [0.1, 0.15) is 5.82 Å². The maximum Gasteiger partial charge on any atom is 0.241 e. The zero-order valence-corrected chi connectivity index (χ0v) is 17.3. The lowest BCUT2D eigenvalue weighted by Crippen LogP contribution is -2.33. The van der Waals surface area contributed by atoms with E-state index in [2.05, 4.69) is 63.0 Å². The van der Waals surface area contributed by atoms with Crippen LogP contribution in [0.25, 0.3) is 11.4 Å². The summed E-state index contributed by atoms with van der Waals surface area (Å²) >= 11 is 0. The fourth-order valence-electron chi connectivity index (χ4n) is 3.92. The monoisotopic (exact) mass is 391 g/mol. The maximum absolute atomic E-state index is 5.49. The van der Waals surface area contributed by atoms with Gasteiger partial charge in [-0.3, -0.25) is 4.90 Å². The van der Waals surface area contributed by atoms with E-state index in [0.29, 0.717) is 11.7 Å². The molecule has 4 rings (SSSR count). The van der Waals surface area contributed by atoms with Crippen molar-refractivity contribution in [3.8, 4) is 11.4 Å². The first kappa shape index (κ1) is 19.6. The highest BCUT2D eigenvalue weighted by Crippen LogP contribution is 2.21. The average Bonchev–Trinajstić information content (AvgIpc) is 3.21. The predicted octanol–water partition coefficient (Wildman–Crippen LogP) is 4.39. The third kappa shape index (κ3) is 5.01. The number of rotatable bonds is 7. The molecule has 1 atom stereocenters. The molecular weight excluding hydrogens is 362 g/mol. The SMILES string of the molecule is CCN(Cc1ccccc1)c1ccc(-c2noc(CN3CCCC(C)C3)n2)cn1. The molecule has 0 radical (unpaired) electrons. The predicted molar refractivity (Wildman–Crippen MR) is 114 cm³/mol. The van der Waals surface area contributed by atoms with Crippen molar-refractivity contribution in [3.63, 3.8) is 0 Å². The van der Waals surface area contributed by atoms with Crippen molar-refractivity contribution < 1.29 is 4.52 Å². The Balaban J connectivity index is 1.41. The molecule has 152 valence electrons. The number of piperidine rings is 1. The number of benzene rings is 1. The van der Waals surface area contributed by atoms with Gasteiger partial charge in [-0.05, 0) is 49.9 Å². The summed E-state index contributed by atoms with van der Waals surface area (Å²) in [5, 5.41) is 4.17. The van der Waals surface area contributed by atoms with E-state index < -0.39 is 0 Å². The first-order valence-corrected chi connectivity index (χ1v) is 10.5. The number of hydrogen-bond acceptors (Lipinski definition) is 6. The smallest absolute Gasteiger partial charge is 0.241 e. The number of likely N-dealkylation sites (tertiary alicyclic amines) is 1. The van der Waals surface area contributed by atoms with Crippen LogP contribution in [-0.4, -0.2) is 39.7 Å². The first-order chi connectivity index (χ1) is 14.2. The highest BCUT2D eigenvalue weighted by molar-refractivity contribution is 5.56. The lowest BCUT2D eigenvalue weighted by Gasteiger charge is -2.29. The Bertz CT molecular complexity index is 893. The summed E-state index contributed by atoms with van der Waals surface area (Å²) in [5.74, 6) is 2.97. The van der Waals surface area contributed by atoms with Gasteiger partial charge < -0.3 is 9.42 Å². The van der Waals surface area contributed by atoms with Gasteiger partial charge in [0.2, 0.25) is 11.7 Å². The second-order valence-electron chi connectivity index (χ2n) is 7.90. The van der Waals surface area contributed by atoms with Crippen LogP contribution in [0.3, 0.4) is 0 Å². The van der Waals surface area contributed by atoms with Gasteiger partial charge in [-0.1, -0.05) is 42.4 Å². The van der Waals surface area contributed by atoms with Crippen molar-refractivity contribution in [2.24, 2.45) is 5.92 Å². The minimum absolute atomic E-state index is 0.607. The van der Waals surface area contributed by atoms with E-state index in [1.54, 1.807) is 0 Å². The standard InChI is InChI=1S/C23H29N5O/c1-3-28(16-19-9-5-4-6-10-19)21-12-11-20(14-24-21)23-25-22(29-26-23)17-27-13-7-8-18(2)15-27/h4-6,9-12,14,18H,3,7-8,13,15-17H2,1-2H3. The molecule has 1 aliphatic rings. The Labute approximate surface area is 172 Å². The molecule has 2 aromatic heterocycles. The number of nitrogens with zero attached hydrogens (tertiary/aromatic N) is 5. The summed E-state index contributed by atoms with van der Waals surface area (Å²) in [7, 11) is 0. The van der Waals surface area contributed by atoms with Crippen molar-refractivity contribution in [2.75, 3.05) is 24.5 Å². The summed E-state index contributed by atoms with van der Waals surface area (Å²) in [6.45, 7) is 9.10. The van der Waals surface area contributed by atoms with Crippen LogP contribution in [0.5, 0.6) is 0 Å². The zero-order valence-electron chi connectivity index (χ0n) is 17.3. The van der Waals surface area contributed by atoms with Crippen LogP contribution < -0.4 is 4.90 Å². The average molecular weight is 392 g/mol. The number of pyridine rings is 1. The number of hydrogen-bond donors (Lipinski definition) is 0. The van der Waals surface area contributed by atoms with Crippen LogP contribution in [0.2, 0.25) is 0 Å². The van der Waals surface area contributed by atoms with Crippen LogP contribution >= 0.6 is 0 Å². The van der Waals surface area contributed by atoms with E-state index in [1.165, 1.54) is 18.4 Å². The molecule has 1 saturated heterocycles. The summed E-state index contributed by atoms with van der Waals surface area (Å²) in [6, 6.07) is 14.5. The Kier molecular flexibility index (Phi) is 6.20. The van der Waals surface area contributed by atoms with E-state index in [4.69, 9.17) is 4.52 Å². The van der Waals surface area contributed by atoms with Crippen LogP contribution in [0.1, 0.15) is 38.1 Å². The largest absolute Gasteiger partial charge is 0.353 e. The highest BCUT2D eigenvalue weighted by Gasteiger charge is 2.19. The van der Waals surface area contributed by atoms with Gasteiger partial charge in [-0.25, -0.2) is 4.98 Å². The van der Waals surface area contributed by atoms with Crippen molar-refractivity contribution in [2.45, 2.75) is 39.8 Å². The molecule has 1 aliphatic heterocycles. The van der Waals surface area contributed by atoms with E-state index in [-0.39, 0.29) is 0 Å². The highest BCUT2D eigenvalue weighted by atomic mass is 16.5. The van der Waals surface area contributed by atoms with Gasteiger partial charge >= 0.3 is 0 Å². The molecule has 0 amide bonds. The molecule has 1 unspecified atom stereocenters. The molecule has 0 N–H and O–H groups in total. The third-order valence-corrected chi connectivity index (χ3v) is 5.50. The van der Waals surface area contributed by atoms with E-state index in [0.717, 1.165) is 50.0 Å². The van der Waals surface area contributed by atoms with E-state index in [1.807, 2.05) is 24.4 Å². The molecule has 0 bridgehead atoms. The minimum Gasteiger partial charge on any atom is -0.353 e. The Morgan fingerprint density at radius 2 is 2.03 bits per heavy atom. The maximum atomic E-state index is 5.49. The van der Waals surface area contributed by atoms with E-state index >= 15 is 0 Å². The van der Waals surface area contributed by atoms with Crippen LogP contribution in [0, 0.1) is 5.92 Å². The molecule has 6 nitrogen and oxygen atoms in total. The fraction of sp³-hybridized carbons (Fsp3) is 0.435. The topological polar surface area (TPSA) is 58.3 Å². The quantitative estimate of drug-likeness (QED) is 0.595. The lowest BCUT2D eigenvalue weighted by molar-refractivity contribution is 0.157. The lowest BCUT2D eigenvalue weighted by atomic mass is 10.0. The molecule has 1 fully saturated rings. The van der Waals surface area contributed by atoms with Crippen LogP contribution in [0.15, 0.2) is 53.2 Å².